The average molecular weight is 300 g/mol. The van der Waals surface area contributed by atoms with E-state index in [1.54, 1.807) is 32.4 Å². The Kier molecular flexibility index (Phi) is 6.45. The Bertz CT molecular complexity index is 529. The third-order valence-electron chi connectivity index (χ3n) is 3.06. The van der Waals surface area contributed by atoms with E-state index in [-0.39, 0.29) is 0 Å². The first-order valence-corrected chi connectivity index (χ1v) is 8.25. The molecule has 0 spiro atoms. The summed E-state index contributed by atoms with van der Waals surface area (Å²) in [6.45, 7) is 5.87. The van der Waals surface area contributed by atoms with Crippen LogP contribution in [0.15, 0.2) is 23.1 Å². The maximum absolute atomic E-state index is 12.4. The highest BCUT2D eigenvalue weighted by Crippen LogP contribution is 2.24. The normalized spacial score (nSPS) is 11.8. The van der Waals surface area contributed by atoms with Crippen LogP contribution in [0.5, 0.6) is 5.75 Å². The zero-order valence-electron chi connectivity index (χ0n) is 12.6. The molecular formula is C14H24N2O3S. The molecule has 1 aromatic carbocycles. The lowest BCUT2D eigenvalue weighted by molar-refractivity contribution is 0.407. The Balaban J connectivity index is 3.13. The molecule has 6 heteroatoms. The molecule has 0 radical (unpaired) electrons. The summed E-state index contributed by atoms with van der Waals surface area (Å²) < 4.78 is 31.5. The van der Waals surface area contributed by atoms with Crippen molar-refractivity contribution in [2.45, 2.75) is 31.7 Å². The zero-order valence-corrected chi connectivity index (χ0v) is 13.5. The minimum atomic E-state index is -3.42. The van der Waals surface area contributed by atoms with E-state index in [9.17, 15) is 8.42 Å². The van der Waals surface area contributed by atoms with Gasteiger partial charge in [0.05, 0.1) is 12.0 Å². The van der Waals surface area contributed by atoms with Crippen molar-refractivity contribution < 1.29 is 13.2 Å². The molecule has 114 valence electrons. The molecule has 0 aliphatic carbocycles. The van der Waals surface area contributed by atoms with Gasteiger partial charge in [-0.25, -0.2) is 12.7 Å². The largest absolute Gasteiger partial charge is 0.496 e. The van der Waals surface area contributed by atoms with Gasteiger partial charge in [-0.05, 0) is 31.2 Å². The molecule has 0 bridgehead atoms. The predicted octanol–water partition coefficient (Wildman–Crippen LogP) is 1.84. The van der Waals surface area contributed by atoms with Crippen molar-refractivity contribution >= 4 is 10.0 Å². The second-order valence-electron chi connectivity index (χ2n) is 4.58. The first-order chi connectivity index (χ1) is 9.47. The first kappa shape index (κ1) is 16.9. The van der Waals surface area contributed by atoms with Gasteiger partial charge < -0.3 is 10.1 Å². The minimum absolute atomic E-state index is 0.308. The van der Waals surface area contributed by atoms with Crippen LogP contribution in [0.4, 0.5) is 0 Å². The fourth-order valence-electron chi connectivity index (χ4n) is 1.93. The summed E-state index contributed by atoms with van der Waals surface area (Å²) in [7, 11) is -0.234. The SMILES string of the molecule is CCCN(C)S(=O)(=O)c1ccc(OC)c(CNCC)c1. The van der Waals surface area contributed by atoms with Gasteiger partial charge in [0, 0.05) is 25.7 Å². The third-order valence-corrected chi connectivity index (χ3v) is 4.92. The average Bonchev–Trinajstić information content (AvgIpc) is 2.44. The van der Waals surface area contributed by atoms with Crippen molar-refractivity contribution in [1.82, 2.24) is 9.62 Å². The molecule has 0 aliphatic heterocycles. The highest BCUT2D eigenvalue weighted by Gasteiger charge is 2.21. The molecular weight excluding hydrogens is 276 g/mol. The molecule has 0 fully saturated rings. The van der Waals surface area contributed by atoms with Crippen molar-refractivity contribution in [2.24, 2.45) is 0 Å². The lowest BCUT2D eigenvalue weighted by atomic mass is 10.2. The molecule has 0 amide bonds. The maximum Gasteiger partial charge on any atom is 0.242 e. The molecule has 0 aromatic heterocycles. The zero-order chi connectivity index (χ0) is 15.2. The molecule has 0 unspecified atom stereocenters. The lowest BCUT2D eigenvalue weighted by Crippen LogP contribution is -2.27. The number of nitrogens with zero attached hydrogens (tertiary/aromatic N) is 1. The summed E-state index contributed by atoms with van der Waals surface area (Å²) in [6.07, 6.45) is 0.788. The molecule has 1 N–H and O–H groups in total. The maximum atomic E-state index is 12.4. The van der Waals surface area contributed by atoms with Crippen molar-refractivity contribution in [2.75, 3.05) is 27.2 Å². The standard InChI is InChI=1S/C14H24N2O3S/c1-5-9-16(3)20(17,18)13-7-8-14(19-4)12(10-13)11-15-6-2/h7-8,10,15H,5-6,9,11H2,1-4H3. The Morgan fingerprint density at radius 1 is 1.30 bits per heavy atom. The van der Waals surface area contributed by atoms with Crippen molar-refractivity contribution in [3.8, 4) is 5.75 Å². The van der Waals surface area contributed by atoms with Gasteiger partial charge in [0.15, 0.2) is 0 Å². The quantitative estimate of drug-likeness (QED) is 0.796. The smallest absolute Gasteiger partial charge is 0.242 e. The van der Waals surface area contributed by atoms with Gasteiger partial charge in [-0.15, -0.1) is 0 Å². The monoisotopic (exact) mass is 300 g/mol. The molecule has 20 heavy (non-hydrogen) atoms. The molecule has 0 heterocycles. The van der Waals surface area contributed by atoms with E-state index in [1.807, 2.05) is 13.8 Å². The van der Waals surface area contributed by atoms with Gasteiger partial charge in [-0.3, -0.25) is 0 Å². The highest BCUT2D eigenvalue weighted by molar-refractivity contribution is 7.89. The van der Waals surface area contributed by atoms with E-state index >= 15 is 0 Å². The Hall–Kier alpha value is -1.11. The van der Waals surface area contributed by atoms with Crippen LogP contribution in [0.25, 0.3) is 0 Å². The summed E-state index contributed by atoms with van der Waals surface area (Å²) >= 11 is 0. The number of benzene rings is 1. The van der Waals surface area contributed by atoms with Crippen LogP contribution in [0.2, 0.25) is 0 Å². The third kappa shape index (κ3) is 3.94. The predicted molar refractivity (Wildman–Crippen MR) is 80.5 cm³/mol. The van der Waals surface area contributed by atoms with Gasteiger partial charge in [-0.1, -0.05) is 13.8 Å². The van der Waals surface area contributed by atoms with Crippen molar-refractivity contribution in [3.05, 3.63) is 23.8 Å². The van der Waals surface area contributed by atoms with Gasteiger partial charge in [0.25, 0.3) is 0 Å². The van der Waals surface area contributed by atoms with Gasteiger partial charge in [0.2, 0.25) is 10.0 Å². The second kappa shape index (κ2) is 7.61. The molecule has 0 saturated heterocycles. The van der Waals surface area contributed by atoms with Gasteiger partial charge in [0.1, 0.15) is 5.75 Å². The number of methoxy groups -OCH3 is 1. The second-order valence-corrected chi connectivity index (χ2v) is 6.63. The number of rotatable bonds is 8. The minimum Gasteiger partial charge on any atom is -0.496 e. The van der Waals surface area contributed by atoms with Crippen molar-refractivity contribution in [3.63, 3.8) is 0 Å². The topological polar surface area (TPSA) is 58.6 Å². The van der Waals surface area contributed by atoms with E-state index < -0.39 is 10.0 Å². The van der Waals surface area contributed by atoms with Crippen molar-refractivity contribution in [1.29, 1.82) is 0 Å². The summed E-state index contributed by atoms with van der Waals surface area (Å²) in [5.41, 5.74) is 0.848. The number of hydrogen-bond donors (Lipinski definition) is 1. The number of nitrogens with one attached hydrogen (secondary N) is 1. The number of sulfonamides is 1. The summed E-state index contributed by atoms with van der Waals surface area (Å²) in [6, 6.07) is 4.98. The van der Waals surface area contributed by atoms with Crippen LogP contribution < -0.4 is 10.1 Å². The lowest BCUT2D eigenvalue weighted by Gasteiger charge is -2.18. The highest BCUT2D eigenvalue weighted by atomic mass is 32.2. The molecule has 1 aromatic rings. The van der Waals surface area contributed by atoms with E-state index in [1.165, 1.54) is 4.31 Å². The van der Waals surface area contributed by atoms with Gasteiger partial charge in [-0.2, -0.15) is 0 Å². The summed E-state index contributed by atoms with van der Waals surface area (Å²) in [5, 5.41) is 3.18. The van der Waals surface area contributed by atoms with E-state index in [4.69, 9.17) is 4.74 Å². The number of ether oxygens (including phenoxy) is 1. The molecule has 0 atom stereocenters. The van der Waals surface area contributed by atoms with E-state index in [2.05, 4.69) is 5.32 Å². The van der Waals surface area contributed by atoms with Gasteiger partial charge >= 0.3 is 0 Å². The molecule has 1 rings (SSSR count). The molecule has 0 aliphatic rings. The van der Waals surface area contributed by atoms with Crippen LogP contribution in [0, 0.1) is 0 Å². The Morgan fingerprint density at radius 3 is 2.55 bits per heavy atom. The van der Waals surface area contributed by atoms with Crippen LogP contribution in [0.1, 0.15) is 25.8 Å². The van der Waals surface area contributed by atoms with E-state index in [0.717, 1.165) is 18.5 Å². The summed E-state index contributed by atoms with van der Waals surface area (Å²) in [5.74, 6) is 0.697. The van der Waals surface area contributed by atoms with Crippen LogP contribution in [-0.4, -0.2) is 40.0 Å². The van der Waals surface area contributed by atoms with Crippen LogP contribution in [0.3, 0.4) is 0 Å². The fourth-order valence-corrected chi connectivity index (χ4v) is 3.24. The fraction of sp³-hybridized carbons (Fsp3) is 0.571. The Labute approximate surface area is 122 Å². The summed E-state index contributed by atoms with van der Waals surface area (Å²) in [4.78, 5) is 0.308. The first-order valence-electron chi connectivity index (χ1n) is 6.81. The molecule has 5 nitrogen and oxygen atoms in total. The molecule has 0 saturated carbocycles. The van der Waals surface area contributed by atoms with Crippen LogP contribution in [-0.2, 0) is 16.6 Å². The van der Waals surface area contributed by atoms with Crippen LogP contribution >= 0.6 is 0 Å². The number of hydrogen-bond acceptors (Lipinski definition) is 4. The van der Waals surface area contributed by atoms with E-state index in [0.29, 0.717) is 23.7 Å². The Morgan fingerprint density at radius 2 is 2.00 bits per heavy atom.